The molecule has 0 spiro atoms. The third-order valence-electron chi connectivity index (χ3n) is 4.40. The average Bonchev–Trinajstić information content (AvgIpc) is 3.01. The molecule has 0 aromatic carbocycles. The quantitative estimate of drug-likeness (QED) is 0.868. The van der Waals surface area contributed by atoms with Gasteiger partial charge in [0, 0.05) is 30.6 Å². The molecule has 2 aromatic rings. The van der Waals surface area contributed by atoms with Crippen LogP contribution in [0.5, 0.6) is 0 Å². The Morgan fingerprint density at radius 3 is 3.10 bits per heavy atom. The summed E-state index contributed by atoms with van der Waals surface area (Å²) < 4.78 is 0. The molecular weight excluding hydrogens is 270 g/mol. The van der Waals surface area contributed by atoms with Crippen molar-refractivity contribution in [2.75, 3.05) is 36.8 Å². The first-order chi connectivity index (χ1) is 9.70. The van der Waals surface area contributed by atoms with Crippen molar-refractivity contribution in [2.24, 2.45) is 0 Å². The molecule has 0 radical (unpaired) electrons. The Morgan fingerprint density at radius 1 is 1.30 bits per heavy atom. The van der Waals surface area contributed by atoms with Crippen LogP contribution in [0.4, 0.5) is 11.8 Å². The summed E-state index contributed by atoms with van der Waals surface area (Å²) in [5, 5.41) is 1.16. The van der Waals surface area contributed by atoms with E-state index in [1.54, 1.807) is 11.3 Å². The van der Waals surface area contributed by atoms with E-state index < -0.39 is 0 Å². The highest BCUT2D eigenvalue weighted by Gasteiger charge is 2.31. The van der Waals surface area contributed by atoms with Gasteiger partial charge in [-0.05, 0) is 32.4 Å². The molecule has 0 bridgehead atoms. The highest BCUT2D eigenvalue weighted by molar-refractivity contribution is 7.18. The summed E-state index contributed by atoms with van der Waals surface area (Å²) in [5.74, 6) is 1.42. The Bertz CT molecular complexity index is 652. The number of hydrogen-bond acceptors (Lipinski definition) is 6. The fourth-order valence-corrected chi connectivity index (χ4v) is 4.35. The van der Waals surface area contributed by atoms with E-state index in [9.17, 15) is 0 Å². The first-order valence-corrected chi connectivity index (χ1v) is 8.05. The smallest absolute Gasteiger partial charge is 0.223 e. The number of anilines is 2. The Hall–Kier alpha value is -1.40. The van der Waals surface area contributed by atoms with Gasteiger partial charge in [-0.1, -0.05) is 0 Å². The number of piperazine rings is 1. The lowest BCUT2D eigenvalue weighted by atomic mass is 10.1. The van der Waals surface area contributed by atoms with Gasteiger partial charge in [0.1, 0.15) is 10.6 Å². The molecule has 0 aliphatic carbocycles. The van der Waals surface area contributed by atoms with E-state index in [0.29, 0.717) is 12.0 Å². The van der Waals surface area contributed by atoms with Crippen molar-refractivity contribution < 1.29 is 0 Å². The van der Waals surface area contributed by atoms with Gasteiger partial charge in [0.05, 0.1) is 5.39 Å². The van der Waals surface area contributed by atoms with Gasteiger partial charge in [0.15, 0.2) is 0 Å². The van der Waals surface area contributed by atoms with Crippen molar-refractivity contribution in [2.45, 2.75) is 25.8 Å². The van der Waals surface area contributed by atoms with Crippen LogP contribution < -0.4 is 10.6 Å². The van der Waals surface area contributed by atoms with Crippen molar-refractivity contribution in [3.8, 4) is 0 Å². The molecule has 2 fully saturated rings. The van der Waals surface area contributed by atoms with Gasteiger partial charge in [-0.2, -0.15) is 4.98 Å². The maximum absolute atomic E-state index is 5.89. The van der Waals surface area contributed by atoms with E-state index in [4.69, 9.17) is 5.73 Å². The molecule has 2 saturated heterocycles. The Morgan fingerprint density at radius 2 is 2.20 bits per heavy atom. The van der Waals surface area contributed by atoms with Gasteiger partial charge in [0.2, 0.25) is 5.95 Å². The van der Waals surface area contributed by atoms with E-state index in [-0.39, 0.29) is 0 Å². The van der Waals surface area contributed by atoms with Gasteiger partial charge >= 0.3 is 0 Å². The van der Waals surface area contributed by atoms with Crippen LogP contribution in [0.25, 0.3) is 10.2 Å². The first kappa shape index (κ1) is 12.3. The molecule has 2 N–H and O–H groups in total. The number of rotatable bonds is 1. The van der Waals surface area contributed by atoms with Gasteiger partial charge in [0.25, 0.3) is 0 Å². The lowest BCUT2D eigenvalue weighted by Crippen LogP contribution is -2.50. The summed E-state index contributed by atoms with van der Waals surface area (Å²) in [4.78, 5) is 16.2. The molecule has 5 nitrogen and oxygen atoms in total. The summed E-state index contributed by atoms with van der Waals surface area (Å²) in [6, 6.07) is 2.88. The number of aryl methyl sites for hydroxylation is 1. The SMILES string of the molecule is Cc1cc2c(N3CCN4CCCC4C3)nc(N)nc2s1. The monoisotopic (exact) mass is 289 g/mol. The third kappa shape index (κ3) is 1.94. The second-order valence-corrected chi connectivity index (χ2v) is 6.99. The molecular formula is C14H19N5S. The number of hydrogen-bond donors (Lipinski definition) is 1. The van der Waals surface area contributed by atoms with E-state index >= 15 is 0 Å². The van der Waals surface area contributed by atoms with Crippen LogP contribution in [0.15, 0.2) is 6.07 Å². The maximum Gasteiger partial charge on any atom is 0.223 e. The van der Waals surface area contributed by atoms with Crippen LogP contribution in [-0.4, -0.2) is 47.1 Å². The normalized spacial score (nSPS) is 23.4. The summed E-state index contributed by atoms with van der Waals surface area (Å²) in [5.41, 5.74) is 5.89. The number of nitrogen functional groups attached to an aromatic ring is 1. The molecule has 4 rings (SSSR count). The molecule has 1 unspecified atom stereocenters. The average molecular weight is 289 g/mol. The van der Waals surface area contributed by atoms with Crippen LogP contribution in [0.3, 0.4) is 0 Å². The predicted octanol–water partition coefficient (Wildman–Crippen LogP) is 1.87. The zero-order valence-corrected chi connectivity index (χ0v) is 12.5. The van der Waals surface area contributed by atoms with Gasteiger partial charge in [-0.3, -0.25) is 4.90 Å². The minimum absolute atomic E-state index is 0.392. The molecule has 0 amide bonds. The minimum Gasteiger partial charge on any atom is -0.368 e. The maximum atomic E-state index is 5.89. The first-order valence-electron chi connectivity index (χ1n) is 7.23. The minimum atomic E-state index is 0.392. The van der Waals surface area contributed by atoms with Crippen LogP contribution in [0.2, 0.25) is 0 Å². The number of nitrogens with two attached hydrogens (primary N) is 1. The van der Waals surface area contributed by atoms with Gasteiger partial charge in [-0.25, -0.2) is 4.98 Å². The topological polar surface area (TPSA) is 58.3 Å². The fraction of sp³-hybridized carbons (Fsp3) is 0.571. The third-order valence-corrected chi connectivity index (χ3v) is 5.34. The van der Waals surface area contributed by atoms with Crippen LogP contribution >= 0.6 is 11.3 Å². The number of aromatic nitrogens is 2. The standard InChI is InChI=1S/C14H19N5S/c1-9-7-11-12(16-14(15)17-13(11)20-9)19-6-5-18-4-2-3-10(18)8-19/h7,10H,2-6,8H2,1H3,(H2,15,16,17). The summed E-state index contributed by atoms with van der Waals surface area (Å²) >= 11 is 1.70. The van der Waals surface area contributed by atoms with Crippen molar-refractivity contribution in [1.29, 1.82) is 0 Å². The largest absolute Gasteiger partial charge is 0.368 e. The highest BCUT2D eigenvalue weighted by Crippen LogP contribution is 2.33. The molecule has 4 heterocycles. The lowest BCUT2D eigenvalue weighted by molar-refractivity contribution is 0.230. The molecule has 20 heavy (non-hydrogen) atoms. The number of thiophene rings is 1. The second-order valence-electron chi connectivity index (χ2n) is 5.76. The highest BCUT2D eigenvalue weighted by atomic mass is 32.1. The van der Waals surface area contributed by atoms with Crippen molar-refractivity contribution in [3.63, 3.8) is 0 Å². The molecule has 2 aliphatic rings. The Balaban J connectivity index is 1.74. The summed E-state index contributed by atoms with van der Waals surface area (Å²) in [7, 11) is 0. The van der Waals surface area contributed by atoms with E-state index in [1.807, 2.05) is 0 Å². The molecule has 106 valence electrons. The van der Waals surface area contributed by atoms with Crippen molar-refractivity contribution in [3.05, 3.63) is 10.9 Å². The zero-order valence-electron chi connectivity index (χ0n) is 11.7. The van der Waals surface area contributed by atoms with Gasteiger partial charge < -0.3 is 10.6 Å². The lowest BCUT2D eigenvalue weighted by Gasteiger charge is -2.38. The zero-order chi connectivity index (χ0) is 13.7. The molecule has 6 heteroatoms. The van der Waals surface area contributed by atoms with E-state index in [0.717, 1.165) is 35.7 Å². The fourth-order valence-electron chi connectivity index (χ4n) is 3.47. The summed E-state index contributed by atoms with van der Waals surface area (Å²) in [6.07, 6.45) is 2.64. The van der Waals surface area contributed by atoms with Crippen LogP contribution in [0, 0.1) is 6.92 Å². The second kappa shape index (κ2) is 4.56. The predicted molar refractivity (Wildman–Crippen MR) is 83.4 cm³/mol. The van der Waals surface area contributed by atoms with Crippen LogP contribution in [-0.2, 0) is 0 Å². The summed E-state index contributed by atoms with van der Waals surface area (Å²) in [6.45, 7) is 6.62. The van der Waals surface area contributed by atoms with E-state index in [2.05, 4.69) is 32.8 Å². The Labute approximate surface area is 122 Å². The molecule has 1 atom stereocenters. The Kier molecular flexibility index (Phi) is 2.82. The van der Waals surface area contributed by atoms with Crippen molar-refractivity contribution >= 4 is 33.3 Å². The number of fused-ring (bicyclic) bond motifs is 2. The van der Waals surface area contributed by atoms with E-state index in [1.165, 1.54) is 24.3 Å². The number of nitrogens with zero attached hydrogens (tertiary/aromatic N) is 4. The van der Waals surface area contributed by atoms with Crippen LogP contribution in [0.1, 0.15) is 17.7 Å². The molecule has 2 aromatic heterocycles. The van der Waals surface area contributed by atoms with Gasteiger partial charge in [-0.15, -0.1) is 11.3 Å². The van der Waals surface area contributed by atoms with Crippen molar-refractivity contribution in [1.82, 2.24) is 14.9 Å². The molecule has 0 saturated carbocycles. The molecule has 2 aliphatic heterocycles.